The van der Waals surface area contributed by atoms with Crippen molar-refractivity contribution >= 4 is 28.1 Å². The number of rotatable bonds is 4. The fourth-order valence-corrected chi connectivity index (χ4v) is 3.25. The van der Waals surface area contributed by atoms with E-state index in [1.807, 2.05) is 42.5 Å². The molecule has 0 bridgehead atoms. The van der Waals surface area contributed by atoms with Crippen molar-refractivity contribution in [3.8, 4) is 17.0 Å². The summed E-state index contributed by atoms with van der Waals surface area (Å²) >= 11 is 3.38. The number of hydrogen-bond acceptors (Lipinski definition) is 4. The summed E-state index contributed by atoms with van der Waals surface area (Å²) in [5, 5.41) is 11.2. The van der Waals surface area contributed by atoms with Crippen molar-refractivity contribution in [3.05, 3.63) is 69.3 Å². The van der Waals surface area contributed by atoms with Crippen molar-refractivity contribution in [2.45, 2.75) is 6.42 Å². The number of halogens is 1. The number of ether oxygens (including phenoxy) is 1. The number of aromatic amines is 1. The van der Waals surface area contributed by atoms with Gasteiger partial charge in [0, 0.05) is 22.0 Å². The summed E-state index contributed by atoms with van der Waals surface area (Å²) in [7, 11) is 1.64. The Morgan fingerprint density at radius 2 is 2.12 bits per heavy atom. The Bertz CT molecular complexity index is 1010. The molecule has 0 saturated carbocycles. The maximum Gasteiger partial charge on any atom is 0.289 e. The summed E-state index contributed by atoms with van der Waals surface area (Å²) < 4.78 is 6.25. The fraction of sp³-hybridized carbons (Fsp3) is 0.105. The number of H-pyrrole nitrogens is 1. The smallest absolute Gasteiger partial charge is 0.289 e. The van der Waals surface area contributed by atoms with E-state index in [2.05, 4.69) is 36.7 Å². The van der Waals surface area contributed by atoms with E-state index in [9.17, 15) is 4.79 Å². The molecule has 0 fully saturated rings. The Balaban J connectivity index is 1.51. The van der Waals surface area contributed by atoms with Crippen molar-refractivity contribution < 1.29 is 9.53 Å². The first-order valence-corrected chi connectivity index (χ1v) is 8.78. The maximum atomic E-state index is 12.5. The zero-order valence-electron chi connectivity index (χ0n) is 13.9. The molecule has 2 aromatic carbocycles. The van der Waals surface area contributed by atoms with Crippen molar-refractivity contribution in [1.29, 1.82) is 0 Å². The second-order valence-electron chi connectivity index (χ2n) is 5.88. The van der Waals surface area contributed by atoms with Crippen LogP contribution < -0.4 is 10.2 Å². The number of nitrogens with one attached hydrogen (secondary N) is 2. The first-order valence-electron chi connectivity index (χ1n) is 7.99. The first-order chi connectivity index (χ1) is 12.7. The molecule has 0 radical (unpaired) electrons. The lowest BCUT2D eigenvalue weighted by molar-refractivity contribution is 0.0949. The monoisotopic (exact) mass is 410 g/mol. The second kappa shape index (κ2) is 6.76. The number of amides is 1. The van der Waals surface area contributed by atoms with Crippen LogP contribution in [-0.4, -0.2) is 29.4 Å². The molecular weight excluding hydrogens is 396 g/mol. The SMILES string of the molecule is COc1ccc2c(c1)Cc1c-2n[nH]c1C(=O)N/N=C/c1ccc(Br)cc1. The minimum absolute atomic E-state index is 0.313. The van der Waals surface area contributed by atoms with Gasteiger partial charge in [-0.1, -0.05) is 28.1 Å². The average Bonchev–Trinajstić information content (AvgIpc) is 3.21. The molecule has 1 heterocycles. The molecule has 1 aliphatic carbocycles. The molecule has 26 heavy (non-hydrogen) atoms. The highest BCUT2D eigenvalue weighted by molar-refractivity contribution is 9.10. The van der Waals surface area contributed by atoms with Crippen LogP contribution in [-0.2, 0) is 6.42 Å². The van der Waals surface area contributed by atoms with E-state index in [1.165, 1.54) is 0 Å². The number of hydrazone groups is 1. The second-order valence-corrected chi connectivity index (χ2v) is 6.79. The molecule has 1 aliphatic rings. The number of benzene rings is 2. The summed E-state index contributed by atoms with van der Waals surface area (Å²) in [6.45, 7) is 0. The van der Waals surface area contributed by atoms with Gasteiger partial charge in [-0.3, -0.25) is 9.89 Å². The van der Waals surface area contributed by atoms with Crippen LogP contribution >= 0.6 is 15.9 Å². The van der Waals surface area contributed by atoms with Crippen LogP contribution in [0, 0.1) is 0 Å². The lowest BCUT2D eigenvalue weighted by Gasteiger charge is -2.03. The zero-order valence-corrected chi connectivity index (χ0v) is 15.5. The number of methoxy groups -OCH3 is 1. The molecule has 6 nitrogen and oxygen atoms in total. The lowest BCUT2D eigenvalue weighted by atomic mass is 10.1. The van der Waals surface area contributed by atoms with E-state index in [0.717, 1.165) is 38.2 Å². The highest BCUT2D eigenvalue weighted by Crippen LogP contribution is 2.38. The topological polar surface area (TPSA) is 79.4 Å². The minimum Gasteiger partial charge on any atom is -0.497 e. The van der Waals surface area contributed by atoms with Gasteiger partial charge < -0.3 is 4.74 Å². The third kappa shape index (κ3) is 3.01. The fourth-order valence-electron chi connectivity index (χ4n) is 2.98. The van der Waals surface area contributed by atoms with Gasteiger partial charge in [0.05, 0.1) is 19.0 Å². The molecule has 0 aliphatic heterocycles. The quantitative estimate of drug-likeness (QED) is 0.399. The third-order valence-electron chi connectivity index (χ3n) is 4.28. The van der Waals surface area contributed by atoms with Gasteiger partial charge in [0.25, 0.3) is 5.91 Å². The van der Waals surface area contributed by atoms with Crippen LogP contribution in [0.4, 0.5) is 0 Å². The molecule has 0 saturated heterocycles. The molecule has 7 heteroatoms. The number of carbonyl (C=O) groups excluding carboxylic acids is 1. The number of nitrogens with zero attached hydrogens (tertiary/aromatic N) is 2. The van der Waals surface area contributed by atoms with Gasteiger partial charge >= 0.3 is 0 Å². The van der Waals surface area contributed by atoms with Gasteiger partial charge in [-0.05, 0) is 41.5 Å². The summed E-state index contributed by atoms with van der Waals surface area (Å²) in [6.07, 6.45) is 2.23. The van der Waals surface area contributed by atoms with Crippen LogP contribution in [0.25, 0.3) is 11.3 Å². The Kier molecular flexibility index (Phi) is 4.30. The average molecular weight is 411 g/mol. The number of fused-ring (bicyclic) bond motifs is 3. The summed E-state index contributed by atoms with van der Waals surface area (Å²) in [5.74, 6) is 0.481. The summed E-state index contributed by atoms with van der Waals surface area (Å²) in [5.41, 5.74) is 7.69. The van der Waals surface area contributed by atoms with Crippen molar-refractivity contribution in [2.75, 3.05) is 7.11 Å². The van der Waals surface area contributed by atoms with Crippen molar-refractivity contribution in [2.24, 2.45) is 5.10 Å². The molecule has 2 N–H and O–H groups in total. The van der Waals surface area contributed by atoms with Gasteiger partial charge in [0.1, 0.15) is 11.4 Å². The summed E-state index contributed by atoms with van der Waals surface area (Å²) in [4.78, 5) is 12.5. The molecule has 4 rings (SSSR count). The third-order valence-corrected chi connectivity index (χ3v) is 4.81. The zero-order chi connectivity index (χ0) is 18.1. The van der Waals surface area contributed by atoms with Crippen LogP contribution in [0.5, 0.6) is 5.75 Å². The van der Waals surface area contributed by atoms with Crippen LogP contribution in [0.2, 0.25) is 0 Å². The van der Waals surface area contributed by atoms with E-state index in [4.69, 9.17) is 4.74 Å². The predicted octanol–water partition coefficient (Wildman–Crippen LogP) is 3.52. The maximum absolute atomic E-state index is 12.5. The van der Waals surface area contributed by atoms with E-state index in [1.54, 1.807) is 13.3 Å². The van der Waals surface area contributed by atoms with Crippen LogP contribution in [0.3, 0.4) is 0 Å². The molecule has 3 aromatic rings. The normalized spacial score (nSPS) is 12.1. The minimum atomic E-state index is -0.313. The molecule has 0 atom stereocenters. The lowest BCUT2D eigenvalue weighted by Crippen LogP contribution is -2.19. The van der Waals surface area contributed by atoms with Crippen LogP contribution in [0.15, 0.2) is 52.0 Å². The largest absolute Gasteiger partial charge is 0.497 e. The van der Waals surface area contributed by atoms with E-state index >= 15 is 0 Å². The van der Waals surface area contributed by atoms with E-state index in [0.29, 0.717) is 12.1 Å². The van der Waals surface area contributed by atoms with Gasteiger partial charge in [0.15, 0.2) is 0 Å². The first kappa shape index (κ1) is 16.5. The molecule has 0 unspecified atom stereocenters. The Morgan fingerprint density at radius 3 is 2.88 bits per heavy atom. The number of carbonyl (C=O) groups is 1. The number of aromatic nitrogens is 2. The molecular formula is C19H15BrN4O2. The van der Waals surface area contributed by atoms with Crippen molar-refractivity contribution in [3.63, 3.8) is 0 Å². The summed E-state index contributed by atoms with van der Waals surface area (Å²) in [6, 6.07) is 13.5. The van der Waals surface area contributed by atoms with Gasteiger partial charge in [-0.2, -0.15) is 10.2 Å². The molecule has 1 amide bonds. The van der Waals surface area contributed by atoms with Gasteiger partial charge in [0.2, 0.25) is 0 Å². The molecule has 0 spiro atoms. The van der Waals surface area contributed by atoms with E-state index < -0.39 is 0 Å². The molecule has 130 valence electrons. The highest BCUT2D eigenvalue weighted by atomic mass is 79.9. The molecule has 1 aromatic heterocycles. The van der Waals surface area contributed by atoms with Crippen LogP contribution in [0.1, 0.15) is 27.2 Å². The van der Waals surface area contributed by atoms with Crippen molar-refractivity contribution in [1.82, 2.24) is 15.6 Å². The highest BCUT2D eigenvalue weighted by Gasteiger charge is 2.27. The Morgan fingerprint density at radius 1 is 1.31 bits per heavy atom. The van der Waals surface area contributed by atoms with Gasteiger partial charge in [-0.25, -0.2) is 5.43 Å². The Labute approximate surface area is 158 Å². The van der Waals surface area contributed by atoms with Gasteiger partial charge in [-0.15, -0.1) is 0 Å². The predicted molar refractivity (Wildman–Crippen MR) is 103 cm³/mol. The Hall–Kier alpha value is -2.93. The van der Waals surface area contributed by atoms with E-state index in [-0.39, 0.29) is 5.91 Å². The number of hydrogen-bond donors (Lipinski definition) is 2. The standard InChI is InChI=1S/C19H15BrN4O2/c1-26-14-6-7-15-12(8-14)9-16-17(15)22-23-18(16)19(25)24-21-10-11-2-4-13(20)5-3-11/h2-8,10H,9H2,1H3,(H,22,23)(H,24,25)/b21-10+.